The minimum Gasteiger partial charge on any atom is -0.380 e. The quantitative estimate of drug-likeness (QED) is 0.665. The molecule has 3 rings (SSSR count). The summed E-state index contributed by atoms with van der Waals surface area (Å²) in [5, 5.41) is 6.40. The average Bonchev–Trinajstić information content (AvgIpc) is 2.96. The van der Waals surface area contributed by atoms with Gasteiger partial charge in [0.05, 0.1) is 23.3 Å². The SMILES string of the molecule is Cc1cc(F)cc(F)c1CNc1ccc(-c2cc(C(F)(F)F)nn2C)nc1. The number of alkyl halides is 3. The van der Waals surface area contributed by atoms with Crippen LogP contribution in [0, 0.1) is 18.6 Å². The van der Waals surface area contributed by atoms with E-state index in [0.717, 1.165) is 16.8 Å². The summed E-state index contributed by atoms with van der Waals surface area (Å²) in [5.74, 6) is -1.30. The van der Waals surface area contributed by atoms with Crippen molar-refractivity contribution in [1.29, 1.82) is 0 Å². The fourth-order valence-electron chi connectivity index (χ4n) is 2.64. The van der Waals surface area contributed by atoms with Crippen LogP contribution < -0.4 is 5.32 Å². The number of hydrogen-bond donors (Lipinski definition) is 1. The van der Waals surface area contributed by atoms with Crippen molar-refractivity contribution in [3.05, 3.63) is 65.0 Å². The first-order valence-corrected chi connectivity index (χ1v) is 7.91. The molecule has 0 amide bonds. The molecule has 0 spiro atoms. The van der Waals surface area contributed by atoms with Crippen LogP contribution in [0.3, 0.4) is 0 Å². The molecular weight excluding hydrogens is 367 g/mol. The molecule has 0 aliphatic carbocycles. The van der Waals surface area contributed by atoms with E-state index in [0.29, 0.717) is 22.5 Å². The van der Waals surface area contributed by atoms with Crippen LogP contribution >= 0.6 is 0 Å². The average molecular weight is 382 g/mol. The van der Waals surface area contributed by atoms with Gasteiger partial charge in [-0.25, -0.2) is 8.78 Å². The summed E-state index contributed by atoms with van der Waals surface area (Å²) in [5.41, 5.74) is 0.872. The Morgan fingerprint density at radius 2 is 1.85 bits per heavy atom. The van der Waals surface area contributed by atoms with Crippen molar-refractivity contribution in [1.82, 2.24) is 14.8 Å². The van der Waals surface area contributed by atoms with Crippen molar-refractivity contribution in [2.75, 3.05) is 5.32 Å². The summed E-state index contributed by atoms with van der Waals surface area (Å²) in [7, 11) is 1.40. The van der Waals surface area contributed by atoms with E-state index < -0.39 is 23.5 Å². The minimum atomic E-state index is -4.53. The number of aromatic nitrogens is 3. The molecule has 1 N–H and O–H groups in total. The molecule has 3 aromatic rings. The summed E-state index contributed by atoms with van der Waals surface area (Å²) in [4.78, 5) is 4.13. The number of rotatable bonds is 4. The molecule has 0 fully saturated rings. The molecule has 0 saturated heterocycles. The smallest absolute Gasteiger partial charge is 0.380 e. The Balaban J connectivity index is 1.76. The highest BCUT2D eigenvalue weighted by Crippen LogP contribution is 2.31. The summed E-state index contributed by atoms with van der Waals surface area (Å²) in [6, 6.07) is 6.12. The monoisotopic (exact) mass is 382 g/mol. The van der Waals surface area contributed by atoms with Gasteiger partial charge >= 0.3 is 6.18 Å². The molecule has 4 nitrogen and oxygen atoms in total. The molecule has 0 aliphatic rings. The van der Waals surface area contributed by atoms with E-state index in [2.05, 4.69) is 15.4 Å². The van der Waals surface area contributed by atoms with Crippen LogP contribution in [-0.2, 0) is 19.8 Å². The van der Waals surface area contributed by atoms with Gasteiger partial charge in [-0.15, -0.1) is 0 Å². The van der Waals surface area contributed by atoms with E-state index in [1.54, 1.807) is 13.0 Å². The van der Waals surface area contributed by atoms with Crippen LogP contribution in [0.5, 0.6) is 0 Å². The number of nitrogens with zero attached hydrogens (tertiary/aromatic N) is 3. The Bertz CT molecular complexity index is 938. The second-order valence-electron chi connectivity index (χ2n) is 6.00. The fourth-order valence-corrected chi connectivity index (χ4v) is 2.64. The molecular formula is C18H15F5N4. The van der Waals surface area contributed by atoms with Crippen molar-refractivity contribution >= 4 is 5.69 Å². The van der Waals surface area contributed by atoms with Gasteiger partial charge in [0.25, 0.3) is 0 Å². The zero-order valence-electron chi connectivity index (χ0n) is 14.4. The van der Waals surface area contributed by atoms with Crippen LogP contribution in [0.25, 0.3) is 11.4 Å². The fraction of sp³-hybridized carbons (Fsp3) is 0.222. The van der Waals surface area contributed by atoms with Gasteiger partial charge < -0.3 is 5.32 Å². The molecule has 0 saturated carbocycles. The third-order valence-corrected chi connectivity index (χ3v) is 4.05. The third kappa shape index (κ3) is 4.07. The number of halogens is 5. The summed E-state index contributed by atoms with van der Waals surface area (Å²) in [6.45, 7) is 1.72. The maximum atomic E-state index is 13.8. The van der Waals surface area contributed by atoms with Gasteiger partial charge in [-0.2, -0.15) is 18.3 Å². The van der Waals surface area contributed by atoms with Crippen molar-refractivity contribution in [3.8, 4) is 11.4 Å². The predicted octanol–water partition coefficient (Wildman–Crippen LogP) is 4.70. The molecule has 2 aromatic heterocycles. The molecule has 27 heavy (non-hydrogen) atoms. The van der Waals surface area contributed by atoms with E-state index in [-0.39, 0.29) is 12.2 Å². The number of nitrogens with one attached hydrogen (secondary N) is 1. The first-order chi connectivity index (χ1) is 12.6. The van der Waals surface area contributed by atoms with Crippen molar-refractivity contribution in [3.63, 3.8) is 0 Å². The van der Waals surface area contributed by atoms with Crippen molar-refractivity contribution < 1.29 is 22.0 Å². The predicted molar refractivity (Wildman–Crippen MR) is 89.9 cm³/mol. The highest BCUT2D eigenvalue weighted by molar-refractivity contribution is 5.58. The Morgan fingerprint density at radius 1 is 1.11 bits per heavy atom. The highest BCUT2D eigenvalue weighted by Gasteiger charge is 2.34. The lowest BCUT2D eigenvalue weighted by molar-refractivity contribution is -0.141. The normalized spacial score (nSPS) is 11.7. The number of benzene rings is 1. The van der Waals surface area contributed by atoms with Gasteiger partial charge in [-0.1, -0.05) is 0 Å². The standard InChI is InChI=1S/C18H15F5N4/c1-10-5-11(19)6-14(20)13(10)9-24-12-3-4-15(25-8-12)16-7-17(18(21,22)23)26-27(16)2/h3-8,24H,9H2,1-2H3. The van der Waals surface area contributed by atoms with E-state index in [1.165, 1.54) is 25.4 Å². The van der Waals surface area contributed by atoms with E-state index in [1.807, 2.05) is 0 Å². The lowest BCUT2D eigenvalue weighted by Gasteiger charge is -2.11. The zero-order valence-corrected chi connectivity index (χ0v) is 14.4. The summed E-state index contributed by atoms with van der Waals surface area (Å²) < 4.78 is 66.3. The van der Waals surface area contributed by atoms with Crippen molar-refractivity contribution in [2.24, 2.45) is 7.05 Å². The van der Waals surface area contributed by atoms with Gasteiger partial charge in [0.1, 0.15) is 11.6 Å². The Hall–Kier alpha value is -2.97. The van der Waals surface area contributed by atoms with Crippen LogP contribution in [0.1, 0.15) is 16.8 Å². The lowest BCUT2D eigenvalue weighted by atomic mass is 10.1. The minimum absolute atomic E-state index is 0.114. The van der Waals surface area contributed by atoms with Crippen LogP contribution in [0.2, 0.25) is 0 Å². The number of aryl methyl sites for hydroxylation is 2. The van der Waals surface area contributed by atoms with Gasteiger partial charge in [-0.3, -0.25) is 9.67 Å². The van der Waals surface area contributed by atoms with Crippen LogP contribution in [0.15, 0.2) is 36.5 Å². The first kappa shape index (κ1) is 18.8. The van der Waals surface area contributed by atoms with Crippen LogP contribution in [-0.4, -0.2) is 14.8 Å². The molecule has 1 aromatic carbocycles. The third-order valence-electron chi connectivity index (χ3n) is 4.05. The van der Waals surface area contributed by atoms with Gasteiger partial charge in [0, 0.05) is 25.2 Å². The largest absolute Gasteiger partial charge is 0.435 e. The van der Waals surface area contributed by atoms with Gasteiger partial charge in [0.2, 0.25) is 0 Å². The molecule has 2 heterocycles. The summed E-state index contributed by atoms with van der Waals surface area (Å²) in [6.07, 6.45) is -3.11. The van der Waals surface area contributed by atoms with E-state index in [9.17, 15) is 22.0 Å². The van der Waals surface area contributed by atoms with E-state index >= 15 is 0 Å². The Kier molecular flexibility index (Phi) is 4.86. The Labute approximate surface area is 151 Å². The summed E-state index contributed by atoms with van der Waals surface area (Å²) >= 11 is 0. The topological polar surface area (TPSA) is 42.7 Å². The Morgan fingerprint density at radius 3 is 2.41 bits per heavy atom. The maximum Gasteiger partial charge on any atom is 0.435 e. The second-order valence-corrected chi connectivity index (χ2v) is 6.00. The molecule has 0 aliphatic heterocycles. The molecule has 0 atom stereocenters. The van der Waals surface area contributed by atoms with Gasteiger partial charge in [0.15, 0.2) is 5.69 Å². The number of anilines is 1. The molecule has 142 valence electrons. The highest BCUT2D eigenvalue weighted by atomic mass is 19.4. The van der Waals surface area contributed by atoms with Crippen LogP contribution in [0.4, 0.5) is 27.6 Å². The molecule has 0 radical (unpaired) electrons. The van der Waals surface area contributed by atoms with Gasteiger partial charge in [-0.05, 0) is 36.8 Å². The van der Waals surface area contributed by atoms with Crippen molar-refractivity contribution in [2.45, 2.75) is 19.6 Å². The maximum absolute atomic E-state index is 13.8. The number of hydrogen-bond acceptors (Lipinski definition) is 3. The first-order valence-electron chi connectivity index (χ1n) is 7.91. The van der Waals surface area contributed by atoms with E-state index in [4.69, 9.17) is 0 Å². The molecule has 0 bridgehead atoms. The second kappa shape index (κ2) is 6.98. The zero-order chi connectivity index (χ0) is 19.8. The molecule has 0 unspecified atom stereocenters. The molecule has 9 heteroatoms. The number of pyridine rings is 1. The lowest BCUT2D eigenvalue weighted by Crippen LogP contribution is -2.06.